The Labute approximate surface area is 185 Å². The number of aromatic nitrogens is 1. The number of benzene rings is 1. The molecule has 1 aliphatic rings. The molecule has 2 heterocycles. The average Bonchev–Trinajstić information content (AvgIpc) is 2.77. The molecule has 0 bridgehead atoms. The van der Waals surface area contributed by atoms with E-state index in [4.69, 9.17) is 32.6 Å². The van der Waals surface area contributed by atoms with E-state index in [9.17, 15) is 5.26 Å². The van der Waals surface area contributed by atoms with Crippen LogP contribution >= 0.6 is 0 Å². The normalized spacial score (nSPS) is 13.8. The van der Waals surface area contributed by atoms with Gasteiger partial charge in [-0.25, -0.2) is 9.98 Å². The van der Waals surface area contributed by atoms with E-state index < -0.39 is 6.04 Å². The summed E-state index contributed by atoms with van der Waals surface area (Å²) < 4.78 is 11.2. The monoisotopic (exact) mass is 428 g/mol. The number of guanidine groups is 1. The number of ether oxygens (including phenoxy) is 2. The summed E-state index contributed by atoms with van der Waals surface area (Å²) in [4.78, 5) is 8.82. The molecule has 0 saturated carbocycles. The second-order valence-corrected chi connectivity index (χ2v) is 6.60. The van der Waals surface area contributed by atoms with Crippen LogP contribution in [0.25, 0.3) is 0 Å². The van der Waals surface area contributed by atoms with Crippen molar-refractivity contribution in [3.63, 3.8) is 0 Å². The lowest BCUT2D eigenvalue weighted by Gasteiger charge is -2.27. The van der Waals surface area contributed by atoms with Gasteiger partial charge >= 0.3 is 0 Å². The number of aliphatic imine (C=N–C) groups is 1. The van der Waals surface area contributed by atoms with E-state index in [0.717, 1.165) is 5.56 Å². The lowest BCUT2D eigenvalue weighted by Crippen LogP contribution is -2.32. The molecular formula is C22H20N8O2. The van der Waals surface area contributed by atoms with Crippen molar-refractivity contribution in [2.24, 2.45) is 4.99 Å². The number of nitriles is 2. The number of nitrogens with two attached hydrogens (primary N) is 2. The highest BCUT2D eigenvalue weighted by Crippen LogP contribution is 2.43. The van der Waals surface area contributed by atoms with Crippen molar-refractivity contribution in [2.75, 3.05) is 30.5 Å². The molecule has 1 aromatic carbocycles. The lowest BCUT2D eigenvalue weighted by atomic mass is 9.93. The number of terminal acetylenes is 1. The molecule has 10 nitrogen and oxygen atoms in total. The van der Waals surface area contributed by atoms with Crippen molar-refractivity contribution in [1.82, 2.24) is 10.3 Å². The van der Waals surface area contributed by atoms with E-state index in [2.05, 4.69) is 33.1 Å². The number of hydrogen-bond acceptors (Lipinski definition) is 10. The van der Waals surface area contributed by atoms with E-state index >= 15 is 0 Å². The van der Waals surface area contributed by atoms with E-state index in [1.165, 1.54) is 7.11 Å². The zero-order valence-corrected chi connectivity index (χ0v) is 17.3. The van der Waals surface area contributed by atoms with Gasteiger partial charge in [0.15, 0.2) is 17.7 Å². The Hall–Kier alpha value is -4.88. The van der Waals surface area contributed by atoms with E-state index in [0.29, 0.717) is 29.0 Å². The molecule has 160 valence electrons. The number of allylic oxidation sites excluding steroid dienone is 1. The molecule has 0 spiro atoms. The maximum Gasteiger partial charge on any atom is 0.211 e. The van der Waals surface area contributed by atoms with Gasteiger partial charge < -0.3 is 26.3 Å². The van der Waals surface area contributed by atoms with Gasteiger partial charge in [0.2, 0.25) is 5.96 Å². The summed E-state index contributed by atoms with van der Waals surface area (Å²) in [6.45, 7) is 3.86. The third kappa shape index (κ3) is 3.91. The van der Waals surface area contributed by atoms with Crippen molar-refractivity contribution >= 4 is 23.3 Å². The van der Waals surface area contributed by atoms with Crippen molar-refractivity contribution in [3.05, 3.63) is 47.0 Å². The number of fused-ring (bicyclic) bond motifs is 1. The summed E-state index contributed by atoms with van der Waals surface area (Å²) in [5, 5.41) is 23.9. The van der Waals surface area contributed by atoms with E-state index in [1.54, 1.807) is 12.1 Å². The van der Waals surface area contributed by atoms with Gasteiger partial charge in [-0.15, -0.1) is 13.0 Å². The van der Waals surface area contributed by atoms with Crippen molar-refractivity contribution in [1.29, 1.82) is 10.5 Å². The van der Waals surface area contributed by atoms with Gasteiger partial charge in [-0.3, -0.25) is 5.32 Å². The van der Waals surface area contributed by atoms with Crippen LogP contribution in [0.4, 0.5) is 17.3 Å². The molecule has 1 atom stereocenters. The first-order chi connectivity index (χ1) is 15.5. The number of nitrogens with zero attached hydrogens (tertiary/aromatic N) is 4. The molecule has 0 radical (unpaired) electrons. The Kier molecular flexibility index (Phi) is 6.33. The highest BCUT2D eigenvalue weighted by molar-refractivity contribution is 5.98. The predicted octanol–water partition coefficient (Wildman–Crippen LogP) is 1.81. The molecule has 2 aromatic rings. The molecule has 1 aromatic heterocycles. The standard InChI is InChI=1S/C22H20N8O2/c1-4-6-12-8-13(9-15(31-3)19(12)32-7-5-2)18-16-17(25)14(10-23)20(26)29-21(16)30-22(28-18)27-11-24/h2,4,8-9,18H,1,6-7H2,3H3,(H6,25,26,27,28,29,30). The summed E-state index contributed by atoms with van der Waals surface area (Å²) in [5.74, 6) is 3.76. The van der Waals surface area contributed by atoms with Crippen LogP contribution in [-0.4, -0.2) is 24.7 Å². The molecule has 10 heteroatoms. The molecule has 32 heavy (non-hydrogen) atoms. The minimum absolute atomic E-state index is 0.0313. The van der Waals surface area contributed by atoms with Gasteiger partial charge in [0.05, 0.1) is 12.8 Å². The Bertz CT molecular complexity index is 1230. The van der Waals surface area contributed by atoms with Gasteiger partial charge in [0.1, 0.15) is 35.9 Å². The summed E-state index contributed by atoms with van der Waals surface area (Å²) >= 11 is 0. The fraction of sp³-hybridized carbons (Fsp3) is 0.182. The summed E-state index contributed by atoms with van der Waals surface area (Å²) in [6.07, 6.45) is 9.34. The predicted molar refractivity (Wildman–Crippen MR) is 121 cm³/mol. The van der Waals surface area contributed by atoms with E-state index in [1.807, 2.05) is 18.3 Å². The zero-order valence-electron chi connectivity index (χ0n) is 17.3. The maximum atomic E-state index is 9.48. The number of hydrogen-bond donors (Lipinski definition) is 4. The Balaban J connectivity index is 2.27. The van der Waals surface area contributed by atoms with Gasteiger partial charge in [-0.1, -0.05) is 12.0 Å². The van der Waals surface area contributed by atoms with Crippen LogP contribution in [0.3, 0.4) is 0 Å². The SMILES string of the molecule is C#CCOc1c(CC=C)cc(C2N=C(NC#N)Nc3nc(N)c(C#N)c(N)c32)cc1OC. The van der Waals surface area contributed by atoms with E-state index in [-0.39, 0.29) is 35.5 Å². The molecule has 6 N–H and O–H groups in total. The molecule has 1 aliphatic heterocycles. The fourth-order valence-corrected chi connectivity index (χ4v) is 3.40. The molecule has 0 fully saturated rings. The lowest BCUT2D eigenvalue weighted by molar-refractivity contribution is 0.327. The highest BCUT2D eigenvalue weighted by atomic mass is 16.5. The summed E-state index contributed by atoms with van der Waals surface area (Å²) in [6, 6.07) is 4.84. The van der Waals surface area contributed by atoms with Crippen LogP contribution in [0, 0.1) is 35.1 Å². The van der Waals surface area contributed by atoms with Crippen molar-refractivity contribution < 1.29 is 9.47 Å². The average molecular weight is 428 g/mol. The Morgan fingerprint density at radius 2 is 2.16 bits per heavy atom. The smallest absolute Gasteiger partial charge is 0.211 e. The van der Waals surface area contributed by atoms with Gasteiger partial charge in [0.25, 0.3) is 0 Å². The largest absolute Gasteiger partial charge is 0.493 e. The molecule has 0 amide bonds. The van der Waals surface area contributed by atoms with Crippen molar-refractivity contribution in [3.8, 4) is 36.1 Å². The van der Waals surface area contributed by atoms with Gasteiger partial charge in [-0.05, 0) is 24.1 Å². The van der Waals surface area contributed by atoms with Crippen LogP contribution < -0.4 is 31.6 Å². The minimum atomic E-state index is -0.721. The minimum Gasteiger partial charge on any atom is -0.493 e. The van der Waals surface area contributed by atoms with Crippen LogP contribution in [0.15, 0.2) is 29.8 Å². The molecular weight excluding hydrogens is 408 g/mol. The van der Waals surface area contributed by atoms with Crippen molar-refractivity contribution in [2.45, 2.75) is 12.5 Å². The van der Waals surface area contributed by atoms with Gasteiger partial charge in [0, 0.05) is 11.1 Å². The third-order valence-electron chi connectivity index (χ3n) is 4.71. The first kappa shape index (κ1) is 21.8. The molecule has 3 rings (SSSR count). The quantitative estimate of drug-likeness (QED) is 0.232. The topological polar surface area (TPSA) is 167 Å². The molecule has 0 aliphatic carbocycles. The zero-order chi connectivity index (χ0) is 23.3. The highest BCUT2D eigenvalue weighted by Gasteiger charge is 2.31. The Morgan fingerprint density at radius 1 is 1.38 bits per heavy atom. The first-order valence-corrected chi connectivity index (χ1v) is 9.35. The summed E-state index contributed by atoms with van der Waals surface area (Å²) in [5.41, 5.74) is 14.2. The number of anilines is 3. The molecule has 1 unspecified atom stereocenters. The third-order valence-corrected chi connectivity index (χ3v) is 4.71. The van der Waals surface area contributed by atoms with Crippen LogP contribution in [0.5, 0.6) is 11.5 Å². The maximum absolute atomic E-state index is 9.48. The van der Waals surface area contributed by atoms with Crippen LogP contribution in [-0.2, 0) is 6.42 Å². The second-order valence-electron chi connectivity index (χ2n) is 6.60. The van der Waals surface area contributed by atoms with Crippen LogP contribution in [0.1, 0.15) is 28.3 Å². The summed E-state index contributed by atoms with van der Waals surface area (Å²) in [7, 11) is 1.51. The second kappa shape index (κ2) is 9.29. The first-order valence-electron chi connectivity index (χ1n) is 9.35. The fourth-order valence-electron chi connectivity index (χ4n) is 3.40. The van der Waals surface area contributed by atoms with Crippen LogP contribution in [0.2, 0.25) is 0 Å². The molecule has 0 saturated heterocycles. The number of methoxy groups -OCH3 is 1. The number of nitrogen functional groups attached to an aromatic ring is 2. The number of pyridine rings is 1. The number of rotatable bonds is 6. The van der Waals surface area contributed by atoms with Gasteiger partial charge in [-0.2, -0.15) is 10.5 Å². The Morgan fingerprint density at radius 3 is 2.78 bits per heavy atom. The number of nitrogens with one attached hydrogen (secondary N) is 2.